The quantitative estimate of drug-likeness (QED) is 0.900. The summed E-state index contributed by atoms with van der Waals surface area (Å²) in [4.78, 5) is 0. The van der Waals surface area contributed by atoms with Gasteiger partial charge >= 0.3 is 0 Å². The molecule has 2 nitrogen and oxygen atoms in total. The molecule has 0 radical (unpaired) electrons. The summed E-state index contributed by atoms with van der Waals surface area (Å²) in [6.07, 6.45) is 3.25. The molecule has 1 aromatic carbocycles. The second-order valence-electron chi connectivity index (χ2n) is 4.63. The molecule has 1 aliphatic heterocycles. The van der Waals surface area contributed by atoms with E-state index in [1.165, 1.54) is 6.07 Å². The lowest BCUT2D eigenvalue weighted by molar-refractivity contribution is 0.0788. The first-order valence-electron chi connectivity index (χ1n) is 6.50. The van der Waals surface area contributed by atoms with Gasteiger partial charge in [0.1, 0.15) is 5.82 Å². The summed E-state index contributed by atoms with van der Waals surface area (Å²) in [6, 6.07) is 5.46. The highest BCUT2D eigenvalue weighted by atomic mass is 79.9. The van der Waals surface area contributed by atoms with Gasteiger partial charge in [-0.3, -0.25) is 0 Å². The number of rotatable bonds is 5. The van der Waals surface area contributed by atoms with Crippen molar-refractivity contribution in [2.45, 2.75) is 38.3 Å². The molecule has 100 valence electrons. The third kappa shape index (κ3) is 3.31. The molecule has 2 atom stereocenters. The molecule has 1 heterocycles. The van der Waals surface area contributed by atoms with Crippen LogP contribution in [0.4, 0.5) is 4.39 Å². The molecule has 0 spiro atoms. The van der Waals surface area contributed by atoms with Crippen LogP contribution in [0.5, 0.6) is 0 Å². The number of benzene rings is 1. The van der Waals surface area contributed by atoms with Gasteiger partial charge in [-0.25, -0.2) is 4.39 Å². The fourth-order valence-corrected chi connectivity index (χ4v) is 2.89. The zero-order chi connectivity index (χ0) is 13.0. The highest BCUT2D eigenvalue weighted by Crippen LogP contribution is 2.24. The van der Waals surface area contributed by atoms with Gasteiger partial charge in [0.15, 0.2) is 0 Å². The normalized spacial score (nSPS) is 21.2. The molecule has 18 heavy (non-hydrogen) atoms. The summed E-state index contributed by atoms with van der Waals surface area (Å²) in [7, 11) is 0. The second kappa shape index (κ2) is 6.64. The van der Waals surface area contributed by atoms with E-state index in [4.69, 9.17) is 4.74 Å². The molecular formula is C14H19BrFNO. The Morgan fingerprint density at radius 3 is 3.06 bits per heavy atom. The molecule has 1 N–H and O–H groups in total. The molecule has 0 aliphatic carbocycles. The van der Waals surface area contributed by atoms with Gasteiger partial charge in [-0.1, -0.05) is 19.1 Å². The minimum atomic E-state index is -0.199. The Morgan fingerprint density at radius 1 is 1.56 bits per heavy atom. The molecule has 1 aromatic rings. The van der Waals surface area contributed by atoms with Crippen molar-refractivity contribution in [2.75, 3.05) is 13.2 Å². The molecule has 0 bridgehead atoms. The summed E-state index contributed by atoms with van der Waals surface area (Å²) < 4.78 is 19.8. The monoisotopic (exact) mass is 315 g/mol. The van der Waals surface area contributed by atoms with Gasteiger partial charge in [-0.05, 0) is 53.4 Å². The van der Waals surface area contributed by atoms with Gasteiger partial charge in [0.25, 0.3) is 0 Å². The van der Waals surface area contributed by atoms with Crippen molar-refractivity contribution in [1.82, 2.24) is 5.32 Å². The fourth-order valence-electron chi connectivity index (χ4n) is 2.46. The van der Waals surface area contributed by atoms with E-state index >= 15 is 0 Å². The number of halogens is 2. The first-order valence-corrected chi connectivity index (χ1v) is 7.29. The van der Waals surface area contributed by atoms with Crippen molar-refractivity contribution < 1.29 is 9.13 Å². The van der Waals surface area contributed by atoms with Crippen LogP contribution in [0.25, 0.3) is 0 Å². The molecule has 1 saturated heterocycles. The molecule has 2 rings (SSSR count). The van der Waals surface area contributed by atoms with Gasteiger partial charge in [-0.15, -0.1) is 0 Å². The van der Waals surface area contributed by atoms with E-state index in [0.29, 0.717) is 4.47 Å². The van der Waals surface area contributed by atoms with Crippen molar-refractivity contribution in [1.29, 1.82) is 0 Å². The smallest absolute Gasteiger partial charge is 0.137 e. The number of ether oxygens (including phenoxy) is 1. The van der Waals surface area contributed by atoms with Crippen molar-refractivity contribution in [3.63, 3.8) is 0 Å². The zero-order valence-electron chi connectivity index (χ0n) is 10.6. The van der Waals surface area contributed by atoms with Crippen LogP contribution in [0.15, 0.2) is 22.7 Å². The van der Waals surface area contributed by atoms with Crippen LogP contribution in [0, 0.1) is 5.82 Å². The van der Waals surface area contributed by atoms with E-state index in [2.05, 4.69) is 28.2 Å². The number of nitrogens with one attached hydrogen (secondary N) is 1. The molecule has 1 fully saturated rings. The van der Waals surface area contributed by atoms with Crippen molar-refractivity contribution >= 4 is 15.9 Å². The maximum absolute atomic E-state index is 13.5. The molecule has 4 heteroatoms. The minimum Gasteiger partial charge on any atom is -0.377 e. The predicted octanol–water partition coefficient (Wildman–Crippen LogP) is 3.29. The summed E-state index contributed by atoms with van der Waals surface area (Å²) in [6.45, 7) is 3.83. The lowest BCUT2D eigenvalue weighted by Crippen LogP contribution is -2.41. The van der Waals surface area contributed by atoms with Crippen molar-refractivity contribution in [3.05, 3.63) is 34.1 Å². The first kappa shape index (κ1) is 14.0. The summed E-state index contributed by atoms with van der Waals surface area (Å²) in [5.41, 5.74) is 0.997. The number of hydrogen-bond donors (Lipinski definition) is 1. The largest absolute Gasteiger partial charge is 0.377 e. The van der Waals surface area contributed by atoms with Crippen molar-refractivity contribution in [2.24, 2.45) is 0 Å². The highest BCUT2D eigenvalue weighted by molar-refractivity contribution is 9.10. The van der Waals surface area contributed by atoms with Crippen LogP contribution in [0.1, 0.15) is 25.3 Å². The van der Waals surface area contributed by atoms with Gasteiger partial charge in [0.05, 0.1) is 10.6 Å². The Kier molecular flexibility index (Phi) is 5.15. The van der Waals surface area contributed by atoms with Gasteiger partial charge in [-0.2, -0.15) is 0 Å². The Balaban J connectivity index is 2.10. The standard InChI is InChI=1S/C14H19BrFNO/c1-2-17-12(13-7-4-8-18-13)9-10-5-3-6-11(16)14(10)15/h3,5-6,12-13,17H,2,4,7-9H2,1H3. The van der Waals surface area contributed by atoms with Gasteiger partial charge in [0.2, 0.25) is 0 Å². The lowest BCUT2D eigenvalue weighted by atomic mass is 9.99. The van der Waals surface area contributed by atoms with Crippen LogP contribution in [0.3, 0.4) is 0 Å². The van der Waals surface area contributed by atoms with Gasteiger partial charge < -0.3 is 10.1 Å². The third-order valence-electron chi connectivity index (χ3n) is 3.35. The van der Waals surface area contributed by atoms with Crippen LogP contribution in [-0.2, 0) is 11.2 Å². The molecule has 0 saturated carbocycles. The van der Waals surface area contributed by atoms with E-state index in [9.17, 15) is 4.39 Å². The Labute approximate surface area is 116 Å². The summed E-state index contributed by atoms with van der Waals surface area (Å²) in [5.74, 6) is -0.199. The maximum Gasteiger partial charge on any atom is 0.137 e. The third-order valence-corrected chi connectivity index (χ3v) is 4.24. The van der Waals surface area contributed by atoms with E-state index in [-0.39, 0.29) is 18.0 Å². The van der Waals surface area contributed by atoms with Crippen molar-refractivity contribution in [3.8, 4) is 0 Å². The molecule has 1 aliphatic rings. The van der Waals surface area contributed by atoms with E-state index in [1.807, 2.05) is 6.07 Å². The fraction of sp³-hybridized carbons (Fsp3) is 0.571. The summed E-state index contributed by atoms with van der Waals surface area (Å²) in [5, 5.41) is 3.45. The topological polar surface area (TPSA) is 21.3 Å². The van der Waals surface area contributed by atoms with Crippen LogP contribution < -0.4 is 5.32 Å². The minimum absolute atomic E-state index is 0.199. The molecule has 2 unspecified atom stereocenters. The van der Waals surface area contributed by atoms with Crippen LogP contribution in [0.2, 0.25) is 0 Å². The van der Waals surface area contributed by atoms with Crippen LogP contribution >= 0.6 is 15.9 Å². The molecular weight excluding hydrogens is 297 g/mol. The first-order chi connectivity index (χ1) is 8.72. The number of likely N-dealkylation sites (N-methyl/N-ethyl adjacent to an activating group) is 1. The maximum atomic E-state index is 13.5. The SMILES string of the molecule is CCNC(Cc1cccc(F)c1Br)C1CCCO1. The van der Waals surface area contributed by atoms with E-state index in [1.54, 1.807) is 6.07 Å². The highest BCUT2D eigenvalue weighted by Gasteiger charge is 2.26. The average molecular weight is 316 g/mol. The summed E-state index contributed by atoms with van der Waals surface area (Å²) >= 11 is 3.32. The predicted molar refractivity (Wildman–Crippen MR) is 74.2 cm³/mol. The lowest BCUT2D eigenvalue weighted by Gasteiger charge is -2.24. The Bertz CT molecular complexity index is 393. The zero-order valence-corrected chi connectivity index (χ0v) is 12.2. The van der Waals surface area contributed by atoms with E-state index < -0.39 is 0 Å². The van der Waals surface area contributed by atoms with Crippen LogP contribution in [-0.4, -0.2) is 25.3 Å². The average Bonchev–Trinajstić information content (AvgIpc) is 2.88. The Morgan fingerprint density at radius 2 is 2.39 bits per heavy atom. The number of hydrogen-bond acceptors (Lipinski definition) is 2. The second-order valence-corrected chi connectivity index (χ2v) is 5.43. The van der Waals surface area contributed by atoms with Gasteiger partial charge in [0, 0.05) is 12.6 Å². The molecule has 0 aromatic heterocycles. The Hall–Kier alpha value is -0.450. The van der Waals surface area contributed by atoms with E-state index in [0.717, 1.165) is 38.0 Å². The molecule has 0 amide bonds.